The number of aryl methyl sites for hydroxylation is 1. The molecule has 3 aromatic rings. The summed E-state index contributed by atoms with van der Waals surface area (Å²) >= 11 is 0. The number of nitrogens with zero attached hydrogens (tertiary/aromatic N) is 1. The van der Waals surface area contributed by atoms with Gasteiger partial charge in [0.05, 0.1) is 27.8 Å². The van der Waals surface area contributed by atoms with Gasteiger partial charge in [-0.25, -0.2) is 0 Å². The first-order chi connectivity index (χ1) is 17.3. The highest BCUT2D eigenvalue weighted by molar-refractivity contribution is 5.88. The maximum absolute atomic E-state index is 13.5. The van der Waals surface area contributed by atoms with E-state index in [-0.39, 0.29) is 24.8 Å². The number of amides is 2. The van der Waals surface area contributed by atoms with Gasteiger partial charge in [0.1, 0.15) is 11.8 Å². The fraction of sp³-hybridized carbons (Fsp3) is 0.310. The molecule has 0 aromatic heterocycles. The number of hydrogen-bond donors (Lipinski definition) is 1. The molecular formula is C29H34N2O5. The maximum Gasteiger partial charge on any atom is 0.242 e. The second kappa shape index (κ2) is 12.6. The quantitative estimate of drug-likeness (QED) is 0.434. The van der Waals surface area contributed by atoms with E-state index in [9.17, 15) is 9.59 Å². The maximum atomic E-state index is 13.5. The smallest absolute Gasteiger partial charge is 0.242 e. The van der Waals surface area contributed by atoms with Crippen LogP contribution in [0.2, 0.25) is 0 Å². The van der Waals surface area contributed by atoms with Crippen LogP contribution in [0.5, 0.6) is 17.2 Å². The van der Waals surface area contributed by atoms with Crippen molar-refractivity contribution in [1.29, 1.82) is 0 Å². The van der Waals surface area contributed by atoms with Crippen molar-refractivity contribution in [1.82, 2.24) is 10.2 Å². The SMILES string of the molecule is COc1ccc(CN(C(=O)Cc2ccc(OC)c(OC)c2)[C@H](C)C(=O)NCc2ccc(C)cc2)cc1. The van der Waals surface area contributed by atoms with Crippen molar-refractivity contribution in [2.45, 2.75) is 39.4 Å². The van der Waals surface area contributed by atoms with E-state index >= 15 is 0 Å². The van der Waals surface area contributed by atoms with Crippen molar-refractivity contribution >= 4 is 11.8 Å². The molecule has 3 aromatic carbocycles. The molecule has 7 heteroatoms. The summed E-state index contributed by atoms with van der Waals surface area (Å²) in [7, 11) is 4.73. The topological polar surface area (TPSA) is 77.1 Å². The highest BCUT2D eigenvalue weighted by Gasteiger charge is 2.26. The number of benzene rings is 3. The molecule has 0 bridgehead atoms. The minimum Gasteiger partial charge on any atom is -0.497 e. The number of hydrogen-bond acceptors (Lipinski definition) is 5. The summed E-state index contributed by atoms with van der Waals surface area (Å²) in [4.78, 5) is 28.2. The summed E-state index contributed by atoms with van der Waals surface area (Å²) in [6.45, 7) is 4.45. The van der Waals surface area contributed by atoms with Gasteiger partial charge in [0.25, 0.3) is 0 Å². The van der Waals surface area contributed by atoms with E-state index in [1.807, 2.05) is 61.5 Å². The van der Waals surface area contributed by atoms with Crippen molar-refractivity contribution in [3.63, 3.8) is 0 Å². The molecule has 0 radical (unpaired) electrons. The molecule has 0 aliphatic carbocycles. The molecule has 0 aliphatic rings. The molecule has 0 saturated carbocycles. The Hall–Kier alpha value is -4.00. The molecule has 36 heavy (non-hydrogen) atoms. The van der Waals surface area contributed by atoms with E-state index in [1.165, 1.54) is 0 Å². The number of methoxy groups -OCH3 is 3. The zero-order valence-corrected chi connectivity index (χ0v) is 21.5. The Bertz CT molecular complexity index is 1160. The first-order valence-electron chi connectivity index (χ1n) is 11.8. The van der Waals surface area contributed by atoms with E-state index in [1.54, 1.807) is 45.3 Å². The van der Waals surface area contributed by atoms with Gasteiger partial charge < -0.3 is 24.4 Å². The molecule has 2 amide bonds. The van der Waals surface area contributed by atoms with E-state index in [4.69, 9.17) is 14.2 Å². The molecule has 1 atom stereocenters. The van der Waals surface area contributed by atoms with Gasteiger partial charge in [-0.2, -0.15) is 0 Å². The first-order valence-corrected chi connectivity index (χ1v) is 11.8. The molecule has 0 aliphatic heterocycles. The molecule has 0 heterocycles. The van der Waals surface area contributed by atoms with Crippen LogP contribution in [0.1, 0.15) is 29.2 Å². The van der Waals surface area contributed by atoms with E-state index in [0.717, 1.165) is 28.0 Å². The summed E-state index contributed by atoms with van der Waals surface area (Å²) in [5.41, 5.74) is 3.82. The van der Waals surface area contributed by atoms with E-state index < -0.39 is 6.04 Å². The zero-order valence-electron chi connectivity index (χ0n) is 21.5. The van der Waals surface area contributed by atoms with Crippen molar-refractivity contribution in [2.24, 2.45) is 0 Å². The average molecular weight is 491 g/mol. The van der Waals surface area contributed by atoms with Crippen LogP contribution in [0.25, 0.3) is 0 Å². The van der Waals surface area contributed by atoms with Crippen molar-refractivity contribution in [3.8, 4) is 17.2 Å². The standard InChI is InChI=1S/C29H34N2O5/c1-20-6-8-22(9-7-20)18-30-29(33)21(2)31(19-23-10-13-25(34-3)14-11-23)28(32)17-24-12-15-26(35-4)27(16-24)36-5/h6-16,21H,17-19H2,1-5H3,(H,30,33)/t21-/m1/s1. The van der Waals surface area contributed by atoms with Crippen LogP contribution in [-0.4, -0.2) is 44.1 Å². The lowest BCUT2D eigenvalue weighted by Crippen LogP contribution is -2.48. The molecule has 0 fully saturated rings. The Morgan fingerprint density at radius 2 is 1.42 bits per heavy atom. The second-order valence-electron chi connectivity index (χ2n) is 8.62. The zero-order chi connectivity index (χ0) is 26.1. The number of ether oxygens (including phenoxy) is 3. The Morgan fingerprint density at radius 3 is 2.03 bits per heavy atom. The minimum atomic E-state index is -0.676. The van der Waals surface area contributed by atoms with Gasteiger partial charge in [0.2, 0.25) is 11.8 Å². The predicted octanol–water partition coefficient (Wildman–Crippen LogP) is 4.30. The van der Waals surface area contributed by atoms with Crippen LogP contribution >= 0.6 is 0 Å². The van der Waals surface area contributed by atoms with Gasteiger partial charge in [-0.3, -0.25) is 9.59 Å². The van der Waals surface area contributed by atoms with Crippen molar-refractivity contribution in [2.75, 3.05) is 21.3 Å². The van der Waals surface area contributed by atoms with Gasteiger partial charge in [0.15, 0.2) is 11.5 Å². The summed E-state index contributed by atoms with van der Waals surface area (Å²) in [5.74, 6) is 1.48. The van der Waals surface area contributed by atoms with Crippen molar-refractivity contribution in [3.05, 3.63) is 89.0 Å². The van der Waals surface area contributed by atoms with Gasteiger partial charge >= 0.3 is 0 Å². The number of carbonyl (C=O) groups excluding carboxylic acids is 2. The lowest BCUT2D eigenvalue weighted by atomic mass is 10.1. The molecule has 0 saturated heterocycles. The average Bonchev–Trinajstić information content (AvgIpc) is 2.91. The van der Waals surface area contributed by atoms with Gasteiger partial charge in [-0.1, -0.05) is 48.0 Å². The summed E-state index contributed by atoms with van der Waals surface area (Å²) < 4.78 is 15.9. The molecule has 1 N–H and O–H groups in total. The Balaban J connectivity index is 1.78. The van der Waals surface area contributed by atoms with Crippen LogP contribution < -0.4 is 19.5 Å². The fourth-order valence-electron chi connectivity index (χ4n) is 3.82. The molecule has 0 spiro atoms. The lowest BCUT2D eigenvalue weighted by Gasteiger charge is -2.29. The fourth-order valence-corrected chi connectivity index (χ4v) is 3.82. The van der Waals surface area contributed by atoms with Gasteiger partial charge in [0, 0.05) is 13.1 Å². The van der Waals surface area contributed by atoms with Crippen LogP contribution in [0.4, 0.5) is 0 Å². The van der Waals surface area contributed by atoms with Crippen LogP contribution in [-0.2, 0) is 29.1 Å². The molecule has 3 rings (SSSR count). The number of rotatable bonds is 11. The highest BCUT2D eigenvalue weighted by atomic mass is 16.5. The van der Waals surface area contributed by atoms with Crippen LogP contribution in [0.3, 0.4) is 0 Å². The Labute approximate surface area is 213 Å². The van der Waals surface area contributed by atoms with E-state index in [2.05, 4.69) is 5.32 Å². The Morgan fingerprint density at radius 1 is 0.806 bits per heavy atom. The number of carbonyl (C=O) groups is 2. The summed E-state index contributed by atoms with van der Waals surface area (Å²) in [6, 6.07) is 20.2. The normalized spacial score (nSPS) is 11.4. The van der Waals surface area contributed by atoms with Gasteiger partial charge in [-0.05, 0) is 54.8 Å². The lowest BCUT2D eigenvalue weighted by molar-refractivity contribution is -0.140. The van der Waals surface area contributed by atoms with Gasteiger partial charge in [-0.15, -0.1) is 0 Å². The third-order valence-electron chi connectivity index (χ3n) is 6.07. The summed E-state index contributed by atoms with van der Waals surface area (Å²) in [6.07, 6.45) is 0.117. The third-order valence-corrected chi connectivity index (χ3v) is 6.07. The molecule has 190 valence electrons. The molecule has 0 unspecified atom stereocenters. The van der Waals surface area contributed by atoms with Crippen LogP contribution in [0, 0.1) is 6.92 Å². The van der Waals surface area contributed by atoms with Crippen molar-refractivity contribution < 1.29 is 23.8 Å². The molecular weight excluding hydrogens is 456 g/mol. The minimum absolute atomic E-state index is 0.117. The number of nitrogens with one attached hydrogen (secondary N) is 1. The summed E-state index contributed by atoms with van der Waals surface area (Å²) in [5, 5.41) is 2.97. The third kappa shape index (κ3) is 7.01. The monoisotopic (exact) mass is 490 g/mol. The Kier molecular flexibility index (Phi) is 9.33. The highest BCUT2D eigenvalue weighted by Crippen LogP contribution is 2.28. The predicted molar refractivity (Wildman–Crippen MR) is 139 cm³/mol. The van der Waals surface area contributed by atoms with Crippen LogP contribution in [0.15, 0.2) is 66.7 Å². The largest absolute Gasteiger partial charge is 0.497 e. The first kappa shape index (κ1) is 26.6. The second-order valence-corrected chi connectivity index (χ2v) is 8.62. The van der Waals surface area contributed by atoms with E-state index in [0.29, 0.717) is 18.0 Å². The molecule has 7 nitrogen and oxygen atoms in total.